The van der Waals surface area contributed by atoms with Crippen molar-refractivity contribution in [3.8, 4) is 18.2 Å². The topological polar surface area (TPSA) is 92.6 Å². The van der Waals surface area contributed by atoms with Crippen molar-refractivity contribution in [2.24, 2.45) is 17.8 Å². The fourth-order valence-corrected chi connectivity index (χ4v) is 5.00. The maximum atomic E-state index is 9.75. The van der Waals surface area contributed by atoms with E-state index >= 15 is 0 Å². The van der Waals surface area contributed by atoms with Gasteiger partial charge in [-0.3, -0.25) is 0 Å². The van der Waals surface area contributed by atoms with Crippen molar-refractivity contribution >= 4 is 5.69 Å². The second kappa shape index (κ2) is 6.74. The second-order valence-corrected chi connectivity index (χ2v) is 8.33. The van der Waals surface area contributed by atoms with Gasteiger partial charge in [-0.15, -0.1) is 0 Å². The van der Waals surface area contributed by atoms with Crippen LogP contribution in [0.2, 0.25) is 0 Å². The van der Waals surface area contributed by atoms with Gasteiger partial charge in [-0.1, -0.05) is 24.3 Å². The predicted molar refractivity (Wildman–Crippen MR) is 104 cm³/mol. The highest BCUT2D eigenvalue weighted by atomic mass is 16.5. The number of nitrogens with zero attached hydrogens (tertiary/aromatic N) is 3. The number of hydrogen-bond acceptors (Lipinski definition) is 5. The molecular weight excluding hydrogens is 348 g/mol. The van der Waals surface area contributed by atoms with E-state index in [0.29, 0.717) is 17.9 Å². The molecule has 1 aromatic carbocycles. The molecule has 2 aliphatic carbocycles. The highest BCUT2D eigenvalue weighted by Crippen LogP contribution is 2.50. The molecule has 4 atom stereocenters. The molecule has 1 N–H and O–H groups in total. The number of rotatable bonds is 3. The summed E-state index contributed by atoms with van der Waals surface area (Å²) in [5.41, 5.74) is 1.24. The lowest BCUT2D eigenvalue weighted by molar-refractivity contribution is 0.0629. The third-order valence-electron chi connectivity index (χ3n) is 6.31. The Hall–Kier alpha value is -3.23. The number of fused-ring (bicyclic) bond motifs is 2. The molecule has 1 saturated carbocycles. The van der Waals surface area contributed by atoms with Crippen LogP contribution in [0.5, 0.6) is 0 Å². The number of anilines is 1. The van der Waals surface area contributed by atoms with E-state index in [2.05, 4.69) is 35.7 Å². The molecule has 0 radical (unpaired) electrons. The molecule has 0 aromatic heterocycles. The molecule has 0 spiro atoms. The summed E-state index contributed by atoms with van der Waals surface area (Å²) in [5.74, 6) is 0.537. The Balaban J connectivity index is 1.60. The van der Waals surface area contributed by atoms with Crippen LogP contribution < -0.4 is 5.32 Å². The van der Waals surface area contributed by atoms with Crippen molar-refractivity contribution in [3.05, 3.63) is 53.3 Å². The van der Waals surface area contributed by atoms with Crippen LogP contribution in [0.3, 0.4) is 0 Å². The monoisotopic (exact) mass is 370 g/mol. The van der Waals surface area contributed by atoms with E-state index in [0.717, 1.165) is 11.3 Å². The number of allylic oxidation sites excluding steroid dienone is 2. The summed E-state index contributed by atoms with van der Waals surface area (Å²) in [5, 5.41) is 31.8. The van der Waals surface area contributed by atoms with Gasteiger partial charge in [0.25, 0.3) is 0 Å². The van der Waals surface area contributed by atoms with Crippen molar-refractivity contribution < 1.29 is 4.74 Å². The normalized spacial score (nSPS) is 31.5. The average Bonchev–Trinajstić information content (AvgIpc) is 3.34. The summed E-state index contributed by atoms with van der Waals surface area (Å²) in [6, 6.07) is 14.6. The minimum absolute atomic E-state index is 0.121. The van der Waals surface area contributed by atoms with E-state index in [9.17, 15) is 15.8 Å². The smallest absolute Gasteiger partial charge is 0.168 e. The van der Waals surface area contributed by atoms with Crippen LogP contribution in [0.25, 0.3) is 0 Å². The summed E-state index contributed by atoms with van der Waals surface area (Å²) in [7, 11) is 0. The molecule has 0 amide bonds. The third kappa shape index (κ3) is 2.83. The first-order chi connectivity index (χ1) is 13.5. The molecule has 5 heteroatoms. The number of ether oxygens (including phenoxy) is 1. The first-order valence-electron chi connectivity index (χ1n) is 9.66. The predicted octanol–water partition coefficient (Wildman–Crippen LogP) is 4.40. The lowest BCUT2D eigenvalue weighted by Gasteiger charge is -2.27. The number of nitrogens with one attached hydrogen (secondary N) is 1. The first kappa shape index (κ1) is 18.1. The van der Waals surface area contributed by atoms with Crippen LogP contribution in [0.15, 0.2) is 47.7 Å². The van der Waals surface area contributed by atoms with Gasteiger partial charge in [0.1, 0.15) is 29.4 Å². The Bertz CT molecular complexity index is 938. The molecule has 5 nitrogen and oxygen atoms in total. The molecule has 1 aliphatic heterocycles. The average molecular weight is 370 g/mol. The molecule has 28 heavy (non-hydrogen) atoms. The van der Waals surface area contributed by atoms with Gasteiger partial charge in [-0.2, -0.15) is 15.8 Å². The number of nitriles is 3. The van der Waals surface area contributed by atoms with Crippen LogP contribution in [0.4, 0.5) is 5.69 Å². The van der Waals surface area contributed by atoms with Crippen molar-refractivity contribution in [2.75, 3.05) is 5.32 Å². The van der Waals surface area contributed by atoms with Gasteiger partial charge in [0.15, 0.2) is 5.57 Å². The van der Waals surface area contributed by atoms with Crippen LogP contribution in [-0.2, 0) is 4.74 Å². The summed E-state index contributed by atoms with van der Waals surface area (Å²) in [6.07, 6.45) is 7.16. The minimum Gasteiger partial charge on any atom is -0.488 e. The van der Waals surface area contributed by atoms with Crippen LogP contribution >= 0.6 is 0 Å². The highest BCUT2D eigenvalue weighted by Gasteiger charge is 2.50. The largest absolute Gasteiger partial charge is 0.488 e. The Morgan fingerprint density at radius 3 is 2.14 bits per heavy atom. The van der Waals surface area contributed by atoms with E-state index in [4.69, 9.17) is 4.74 Å². The van der Waals surface area contributed by atoms with E-state index in [1.165, 1.54) is 12.8 Å². The zero-order valence-corrected chi connectivity index (χ0v) is 16.0. The quantitative estimate of drug-likeness (QED) is 0.629. The minimum atomic E-state index is -0.682. The van der Waals surface area contributed by atoms with Crippen molar-refractivity contribution in [2.45, 2.75) is 44.2 Å². The summed E-state index contributed by atoms with van der Waals surface area (Å²) in [4.78, 5) is 0. The Morgan fingerprint density at radius 2 is 1.64 bits per heavy atom. The van der Waals surface area contributed by atoms with E-state index in [-0.39, 0.29) is 17.3 Å². The maximum absolute atomic E-state index is 9.75. The molecule has 2 fully saturated rings. The molecule has 1 aromatic rings. The summed E-state index contributed by atoms with van der Waals surface area (Å²) < 4.78 is 5.93. The van der Waals surface area contributed by atoms with Crippen molar-refractivity contribution in [1.82, 2.24) is 0 Å². The SMILES string of the molecule is CC1(C)OC(=C(C#N)C#N)C(C#N)C1c1ccc(NC2C3C=CC2CC3)cc1. The van der Waals surface area contributed by atoms with Crippen LogP contribution in [-0.4, -0.2) is 11.6 Å². The second-order valence-electron chi connectivity index (χ2n) is 8.33. The fraction of sp³-hybridized carbons (Fsp3) is 0.435. The molecule has 140 valence electrons. The van der Waals surface area contributed by atoms with E-state index in [1.807, 2.05) is 38.1 Å². The Kier molecular flexibility index (Phi) is 4.37. The molecule has 1 saturated heterocycles. The van der Waals surface area contributed by atoms with Crippen molar-refractivity contribution in [1.29, 1.82) is 15.8 Å². The summed E-state index contributed by atoms with van der Waals surface area (Å²) >= 11 is 0. The van der Waals surface area contributed by atoms with E-state index in [1.54, 1.807) is 0 Å². The van der Waals surface area contributed by atoms with Gasteiger partial charge in [-0.05, 0) is 56.2 Å². The maximum Gasteiger partial charge on any atom is 0.168 e. The van der Waals surface area contributed by atoms with Gasteiger partial charge in [0, 0.05) is 17.6 Å². The Morgan fingerprint density at radius 1 is 1.04 bits per heavy atom. The zero-order valence-electron chi connectivity index (χ0n) is 16.0. The molecule has 2 bridgehead atoms. The molecule has 1 heterocycles. The molecule has 4 unspecified atom stereocenters. The molecule has 4 rings (SSSR count). The van der Waals surface area contributed by atoms with Gasteiger partial charge in [-0.25, -0.2) is 0 Å². The summed E-state index contributed by atoms with van der Waals surface area (Å²) in [6.45, 7) is 3.80. The van der Waals surface area contributed by atoms with Crippen LogP contribution in [0, 0.1) is 51.7 Å². The lowest BCUT2D eigenvalue weighted by Crippen LogP contribution is -2.28. The van der Waals surface area contributed by atoms with Gasteiger partial charge in [0.05, 0.1) is 6.07 Å². The first-order valence-corrected chi connectivity index (χ1v) is 9.66. The standard InChI is InChI=1S/C23H22N4O/c1-23(2)20(19(13-26)22(28-23)17(11-24)12-25)14-7-9-18(10-8-14)27-21-15-3-4-16(21)6-5-15/h3-4,7-10,15-16,19-21,27H,5-6H2,1-2H3. The third-order valence-corrected chi connectivity index (χ3v) is 6.31. The van der Waals surface area contributed by atoms with E-state index < -0.39 is 11.5 Å². The van der Waals surface area contributed by atoms with Gasteiger partial charge < -0.3 is 10.1 Å². The van der Waals surface area contributed by atoms with Gasteiger partial charge in [0.2, 0.25) is 0 Å². The highest BCUT2D eigenvalue weighted by molar-refractivity contribution is 5.50. The number of benzene rings is 1. The van der Waals surface area contributed by atoms with Crippen LogP contribution in [0.1, 0.15) is 38.2 Å². The molecule has 3 aliphatic rings. The zero-order chi connectivity index (χ0) is 19.9. The molecular formula is C23H22N4O. The van der Waals surface area contributed by atoms with Crippen molar-refractivity contribution in [3.63, 3.8) is 0 Å². The number of hydrogen-bond donors (Lipinski definition) is 1. The Labute approximate surface area is 165 Å². The van der Waals surface area contributed by atoms with Gasteiger partial charge >= 0.3 is 0 Å². The lowest BCUT2D eigenvalue weighted by atomic mass is 9.77. The fourth-order valence-electron chi connectivity index (χ4n) is 5.00.